The van der Waals surface area contributed by atoms with Gasteiger partial charge in [-0.2, -0.15) is 0 Å². The predicted molar refractivity (Wildman–Crippen MR) is 83.3 cm³/mol. The van der Waals surface area contributed by atoms with E-state index in [1.807, 2.05) is 38.1 Å². The molecule has 21 heavy (non-hydrogen) atoms. The van der Waals surface area contributed by atoms with E-state index in [4.69, 9.17) is 9.47 Å². The van der Waals surface area contributed by atoms with Crippen LogP contribution in [0.1, 0.15) is 22.8 Å². The number of ether oxygens (including phenoxy) is 2. The molecular formula is C17H19NO3. The van der Waals surface area contributed by atoms with E-state index in [1.165, 1.54) is 0 Å². The van der Waals surface area contributed by atoms with Crippen molar-refractivity contribution in [2.24, 2.45) is 0 Å². The quantitative estimate of drug-likeness (QED) is 0.912. The Balaban J connectivity index is 2.23. The van der Waals surface area contributed by atoms with Gasteiger partial charge in [0, 0.05) is 11.3 Å². The van der Waals surface area contributed by atoms with Gasteiger partial charge in [-0.15, -0.1) is 0 Å². The van der Waals surface area contributed by atoms with Crippen LogP contribution in [0.25, 0.3) is 0 Å². The van der Waals surface area contributed by atoms with Crippen molar-refractivity contribution >= 4 is 11.6 Å². The lowest BCUT2D eigenvalue weighted by Crippen LogP contribution is -2.13. The maximum absolute atomic E-state index is 12.3. The zero-order valence-corrected chi connectivity index (χ0v) is 12.5. The van der Waals surface area contributed by atoms with Crippen molar-refractivity contribution in [1.82, 2.24) is 0 Å². The molecule has 2 rings (SSSR count). The van der Waals surface area contributed by atoms with Crippen molar-refractivity contribution in [3.8, 4) is 11.5 Å². The number of anilines is 1. The molecule has 1 N–H and O–H groups in total. The highest BCUT2D eigenvalue weighted by Gasteiger charge is 2.12. The average molecular weight is 285 g/mol. The molecule has 0 bridgehead atoms. The first-order chi connectivity index (χ1) is 10.2. The Hall–Kier alpha value is -2.49. The molecule has 0 aliphatic carbocycles. The van der Waals surface area contributed by atoms with E-state index in [0.717, 1.165) is 11.3 Å². The van der Waals surface area contributed by atoms with Crippen LogP contribution in [0.4, 0.5) is 5.69 Å². The van der Waals surface area contributed by atoms with Gasteiger partial charge < -0.3 is 14.8 Å². The van der Waals surface area contributed by atoms with Gasteiger partial charge in [-0.3, -0.25) is 4.79 Å². The van der Waals surface area contributed by atoms with Gasteiger partial charge in [0.2, 0.25) is 0 Å². The third kappa shape index (κ3) is 3.54. The lowest BCUT2D eigenvalue weighted by Gasteiger charge is -2.12. The summed E-state index contributed by atoms with van der Waals surface area (Å²) in [5.74, 6) is 1.01. The summed E-state index contributed by atoms with van der Waals surface area (Å²) >= 11 is 0. The summed E-state index contributed by atoms with van der Waals surface area (Å²) in [6.45, 7) is 4.36. The molecule has 0 unspecified atom stereocenters. The van der Waals surface area contributed by atoms with E-state index in [1.54, 1.807) is 25.3 Å². The van der Waals surface area contributed by atoms with E-state index >= 15 is 0 Å². The van der Waals surface area contributed by atoms with Crippen LogP contribution in [-0.4, -0.2) is 19.6 Å². The number of hydrogen-bond donors (Lipinski definition) is 1. The molecule has 0 aliphatic rings. The third-order valence-corrected chi connectivity index (χ3v) is 3.12. The van der Waals surface area contributed by atoms with Gasteiger partial charge in [-0.1, -0.05) is 18.2 Å². The molecule has 2 aromatic carbocycles. The van der Waals surface area contributed by atoms with Crippen molar-refractivity contribution < 1.29 is 14.3 Å². The van der Waals surface area contributed by atoms with Crippen LogP contribution < -0.4 is 14.8 Å². The second-order valence-corrected chi connectivity index (χ2v) is 4.57. The number of nitrogens with one attached hydrogen (secondary N) is 1. The van der Waals surface area contributed by atoms with Crippen molar-refractivity contribution in [2.75, 3.05) is 19.0 Å². The maximum Gasteiger partial charge on any atom is 0.255 e. The van der Waals surface area contributed by atoms with Crippen LogP contribution >= 0.6 is 0 Å². The molecule has 2 aromatic rings. The van der Waals surface area contributed by atoms with Crippen LogP contribution in [0.2, 0.25) is 0 Å². The number of carbonyl (C=O) groups is 1. The smallest absolute Gasteiger partial charge is 0.255 e. The molecule has 0 radical (unpaired) electrons. The zero-order chi connectivity index (χ0) is 15.2. The Labute approximate surface area is 124 Å². The Kier molecular flexibility index (Phi) is 4.82. The fourth-order valence-corrected chi connectivity index (χ4v) is 1.99. The summed E-state index contributed by atoms with van der Waals surface area (Å²) in [5, 5.41) is 2.90. The molecule has 0 saturated carbocycles. The minimum atomic E-state index is -0.173. The SMILES string of the molecule is CCOc1cc(C(=O)Nc2ccccc2C)ccc1OC. The second-order valence-electron chi connectivity index (χ2n) is 4.57. The van der Waals surface area contributed by atoms with Crippen molar-refractivity contribution in [1.29, 1.82) is 0 Å². The molecule has 110 valence electrons. The van der Waals surface area contributed by atoms with E-state index in [-0.39, 0.29) is 5.91 Å². The van der Waals surface area contributed by atoms with E-state index in [9.17, 15) is 4.79 Å². The number of hydrogen-bond acceptors (Lipinski definition) is 3. The Morgan fingerprint density at radius 3 is 2.57 bits per heavy atom. The van der Waals surface area contributed by atoms with Gasteiger partial charge in [0.1, 0.15) is 0 Å². The van der Waals surface area contributed by atoms with E-state index in [0.29, 0.717) is 23.7 Å². The fraction of sp³-hybridized carbons (Fsp3) is 0.235. The number of rotatable bonds is 5. The summed E-state index contributed by atoms with van der Waals surface area (Å²) in [6.07, 6.45) is 0. The molecule has 0 atom stereocenters. The first-order valence-corrected chi connectivity index (χ1v) is 6.83. The maximum atomic E-state index is 12.3. The third-order valence-electron chi connectivity index (χ3n) is 3.12. The summed E-state index contributed by atoms with van der Waals surface area (Å²) in [7, 11) is 1.57. The molecule has 1 amide bonds. The topological polar surface area (TPSA) is 47.6 Å². The molecule has 4 nitrogen and oxygen atoms in total. The zero-order valence-electron chi connectivity index (χ0n) is 12.5. The van der Waals surface area contributed by atoms with Crippen LogP contribution in [-0.2, 0) is 0 Å². The lowest BCUT2D eigenvalue weighted by molar-refractivity contribution is 0.102. The van der Waals surface area contributed by atoms with E-state index in [2.05, 4.69) is 5.32 Å². The van der Waals surface area contributed by atoms with Gasteiger partial charge in [0.15, 0.2) is 11.5 Å². The summed E-state index contributed by atoms with van der Waals surface area (Å²) in [5.41, 5.74) is 2.35. The van der Waals surface area contributed by atoms with Crippen LogP contribution in [0.15, 0.2) is 42.5 Å². The minimum Gasteiger partial charge on any atom is -0.493 e. The predicted octanol–water partition coefficient (Wildman–Crippen LogP) is 3.65. The number of carbonyl (C=O) groups excluding carboxylic acids is 1. The molecular weight excluding hydrogens is 266 g/mol. The lowest BCUT2D eigenvalue weighted by atomic mass is 10.1. The van der Waals surface area contributed by atoms with Gasteiger partial charge in [0.25, 0.3) is 5.91 Å². The molecule has 0 fully saturated rings. The number of para-hydroxylation sites is 1. The Bertz CT molecular complexity index is 638. The van der Waals surface area contributed by atoms with Gasteiger partial charge in [0.05, 0.1) is 13.7 Å². The first kappa shape index (κ1) is 14.9. The second kappa shape index (κ2) is 6.79. The molecule has 4 heteroatoms. The molecule has 0 aromatic heterocycles. The Morgan fingerprint density at radius 2 is 1.90 bits per heavy atom. The highest BCUT2D eigenvalue weighted by Crippen LogP contribution is 2.28. The standard InChI is InChI=1S/C17H19NO3/c1-4-21-16-11-13(9-10-15(16)20-3)17(19)18-14-8-6-5-7-12(14)2/h5-11H,4H2,1-3H3,(H,18,19). The number of aryl methyl sites for hydroxylation is 1. The largest absolute Gasteiger partial charge is 0.493 e. The summed E-state index contributed by atoms with van der Waals surface area (Å²) in [6, 6.07) is 12.8. The fourth-order valence-electron chi connectivity index (χ4n) is 1.99. The van der Waals surface area contributed by atoms with Crippen molar-refractivity contribution in [3.63, 3.8) is 0 Å². The minimum absolute atomic E-state index is 0.173. The Morgan fingerprint density at radius 1 is 1.14 bits per heavy atom. The normalized spacial score (nSPS) is 10.0. The highest BCUT2D eigenvalue weighted by atomic mass is 16.5. The number of benzene rings is 2. The van der Waals surface area contributed by atoms with E-state index < -0.39 is 0 Å². The van der Waals surface area contributed by atoms with Crippen LogP contribution in [0.5, 0.6) is 11.5 Å². The summed E-state index contributed by atoms with van der Waals surface area (Å²) in [4.78, 5) is 12.3. The number of methoxy groups -OCH3 is 1. The van der Waals surface area contributed by atoms with Gasteiger partial charge in [-0.25, -0.2) is 0 Å². The van der Waals surface area contributed by atoms with Crippen LogP contribution in [0.3, 0.4) is 0 Å². The molecule has 0 saturated heterocycles. The molecule has 0 spiro atoms. The van der Waals surface area contributed by atoms with Gasteiger partial charge >= 0.3 is 0 Å². The molecule has 0 aliphatic heterocycles. The summed E-state index contributed by atoms with van der Waals surface area (Å²) < 4.78 is 10.7. The number of amides is 1. The molecule has 0 heterocycles. The first-order valence-electron chi connectivity index (χ1n) is 6.83. The monoisotopic (exact) mass is 285 g/mol. The van der Waals surface area contributed by atoms with Crippen molar-refractivity contribution in [3.05, 3.63) is 53.6 Å². The van der Waals surface area contributed by atoms with Crippen molar-refractivity contribution in [2.45, 2.75) is 13.8 Å². The highest BCUT2D eigenvalue weighted by molar-refractivity contribution is 6.05. The average Bonchev–Trinajstić information content (AvgIpc) is 2.50. The van der Waals surface area contributed by atoms with Crippen LogP contribution in [0, 0.1) is 6.92 Å². The van der Waals surface area contributed by atoms with Gasteiger partial charge in [-0.05, 0) is 43.7 Å².